The Morgan fingerprint density at radius 2 is 1.42 bits per heavy atom. The minimum Gasteiger partial charge on any atom is -0.0588 e. The van der Waals surface area contributed by atoms with Gasteiger partial charge < -0.3 is 0 Å². The van der Waals surface area contributed by atoms with Crippen molar-refractivity contribution in [2.75, 3.05) is 0 Å². The molecule has 1 aromatic rings. The number of benzene rings is 1. The van der Waals surface area contributed by atoms with E-state index in [1.165, 1.54) is 22.3 Å². The molecular weight excluding hydrogens is 144 g/mol. The zero-order chi connectivity index (χ0) is 9.30. The largest absolute Gasteiger partial charge is 0.0588 e. The van der Waals surface area contributed by atoms with Gasteiger partial charge in [-0.15, -0.1) is 0 Å². The van der Waals surface area contributed by atoms with Gasteiger partial charge in [0.05, 0.1) is 0 Å². The zero-order valence-corrected chi connectivity index (χ0v) is 8.73. The molecule has 0 bridgehead atoms. The van der Waals surface area contributed by atoms with Gasteiger partial charge in [-0.1, -0.05) is 26.0 Å². The fraction of sp³-hybridized carbons (Fsp3) is 0.500. The van der Waals surface area contributed by atoms with Crippen LogP contribution in [0.15, 0.2) is 12.1 Å². The molecule has 1 aromatic carbocycles. The van der Waals surface area contributed by atoms with Crippen LogP contribution in [-0.2, 0) is 0 Å². The van der Waals surface area contributed by atoms with Crippen LogP contribution in [0.3, 0.4) is 0 Å². The second kappa shape index (κ2) is 3.30. The highest BCUT2D eigenvalue weighted by molar-refractivity contribution is 5.40. The molecule has 0 heterocycles. The molecule has 0 saturated heterocycles. The van der Waals surface area contributed by atoms with Crippen LogP contribution in [-0.4, -0.2) is 0 Å². The van der Waals surface area contributed by atoms with E-state index in [1.807, 2.05) is 0 Å². The Morgan fingerprint density at radius 1 is 0.917 bits per heavy atom. The summed E-state index contributed by atoms with van der Waals surface area (Å²) in [5.74, 6) is 0.643. The van der Waals surface area contributed by atoms with Gasteiger partial charge in [0.1, 0.15) is 0 Å². The Labute approximate surface area is 75.6 Å². The molecule has 66 valence electrons. The predicted molar refractivity (Wildman–Crippen MR) is 54.7 cm³/mol. The molecule has 0 aliphatic carbocycles. The van der Waals surface area contributed by atoms with Crippen LogP contribution < -0.4 is 0 Å². The lowest BCUT2D eigenvalue weighted by Gasteiger charge is -2.15. The Kier molecular flexibility index (Phi) is 2.56. The lowest BCUT2D eigenvalue weighted by molar-refractivity contribution is 0.843. The monoisotopic (exact) mass is 162 g/mol. The molecule has 0 heteroatoms. The van der Waals surface area contributed by atoms with Crippen LogP contribution in [0, 0.1) is 20.8 Å². The van der Waals surface area contributed by atoms with E-state index >= 15 is 0 Å². The molecule has 0 fully saturated rings. The fourth-order valence-electron chi connectivity index (χ4n) is 1.86. The molecule has 0 unspecified atom stereocenters. The maximum atomic E-state index is 2.26. The highest BCUT2D eigenvalue weighted by Crippen LogP contribution is 2.24. The molecule has 0 saturated carbocycles. The van der Waals surface area contributed by atoms with Crippen molar-refractivity contribution in [3.8, 4) is 0 Å². The summed E-state index contributed by atoms with van der Waals surface area (Å²) in [6.45, 7) is 11.1. The van der Waals surface area contributed by atoms with Gasteiger partial charge in [-0.25, -0.2) is 0 Å². The van der Waals surface area contributed by atoms with Crippen LogP contribution in [0.25, 0.3) is 0 Å². The van der Waals surface area contributed by atoms with Crippen LogP contribution >= 0.6 is 0 Å². The van der Waals surface area contributed by atoms with Crippen molar-refractivity contribution in [3.63, 3.8) is 0 Å². The molecule has 12 heavy (non-hydrogen) atoms. The first-order valence-corrected chi connectivity index (χ1v) is 4.60. The quantitative estimate of drug-likeness (QED) is 0.590. The van der Waals surface area contributed by atoms with E-state index < -0.39 is 0 Å². The molecule has 0 aromatic heterocycles. The third-order valence-corrected chi connectivity index (χ3v) is 2.58. The van der Waals surface area contributed by atoms with Gasteiger partial charge >= 0.3 is 0 Å². The summed E-state index contributed by atoms with van der Waals surface area (Å²) >= 11 is 0. The van der Waals surface area contributed by atoms with Crippen molar-refractivity contribution in [1.82, 2.24) is 0 Å². The number of hydrogen-bond donors (Lipinski definition) is 0. The lowest BCUT2D eigenvalue weighted by Crippen LogP contribution is -1.97. The van der Waals surface area contributed by atoms with Crippen molar-refractivity contribution in [3.05, 3.63) is 34.4 Å². The fourth-order valence-corrected chi connectivity index (χ4v) is 1.86. The Balaban J connectivity index is 3.33. The summed E-state index contributed by atoms with van der Waals surface area (Å²) in [5.41, 5.74) is 5.82. The van der Waals surface area contributed by atoms with E-state index in [2.05, 4.69) is 46.8 Å². The molecule has 1 rings (SSSR count). The van der Waals surface area contributed by atoms with Crippen molar-refractivity contribution in [2.24, 2.45) is 0 Å². The van der Waals surface area contributed by atoms with E-state index in [1.54, 1.807) is 0 Å². The normalized spacial score (nSPS) is 10.8. The van der Waals surface area contributed by atoms with Crippen molar-refractivity contribution in [1.29, 1.82) is 0 Å². The molecule has 0 radical (unpaired) electrons. The second-order valence-electron chi connectivity index (χ2n) is 3.89. The standard InChI is InChI=1S/C12H18/c1-8(2)12-10(4)7-6-9(3)11(12)5/h6-8H,1-5H3. The van der Waals surface area contributed by atoms with Crippen LogP contribution in [0.4, 0.5) is 0 Å². The first-order chi connectivity index (χ1) is 5.54. The number of aryl methyl sites for hydroxylation is 2. The first-order valence-electron chi connectivity index (χ1n) is 4.60. The van der Waals surface area contributed by atoms with E-state index in [0.717, 1.165) is 0 Å². The van der Waals surface area contributed by atoms with Crippen LogP contribution in [0.2, 0.25) is 0 Å². The average Bonchev–Trinajstić information content (AvgIpc) is 1.97. The van der Waals surface area contributed by atoms with Crippen LogP contribution in [0.1, 0.15) is 42.0 Å². The topological polar surface area (TPSA) is 0 Å². The molecule has 0 aliphatic heterocycles. The predicted octanol–water partition coefficient (Wildman–Crippen LogP) is 3.74. The highest BCUT2D eigenvalue weighted by atomic mass is 14.1. The Morgan fingerprint density at radius 3 is 1.83 bits per heavy atom. The molecule has 0 spiro atoms. The SMILES string of the molecule is Cc1ccc(C)c(C(C)C)c1C. The Hall–Kier alpha value is -0.780. The molecular formula is C12H18. The molecule has 0 amide bonds. The maximum Gasteiger partial charge on any atom is -0.0213 e. The summed E-state index contributed by atoms with van der Waals surface area (Å²) in [4.78, 5) is 0. The van der Waals surface area contributed by atoms with E-state index in [9.17, 15) is 0 Å². The van der Waals surface area contributed by atoms with Gasteiger partial charge in [-0.3, -0.25) is 0 Å². The molecule has 0 aliphatic rings. The van der Waals surface area contributed by atoms with Crippen molar-refractivity contribution < 1.29 is 0 Å². The minimum atomic E-state index is 0.643. The summed E-state index contributed by atoms with van der Waals surface area (Å²) in [5, 5.41) is 0. The van der Waals surface area contributed by atoms with Crippen molar-refractivity contribution >= 4 is 0 Å². The van der Waals surface area contributed by atoms with Gasteiger partial charge in [0.15, 0.2) is 0 Å². The first kappa shape index (κ1) is 9.31. The maximum absolute atomic E-state index is 2.26. The average molecular weight is 162 g/mol. The summed E-state index contributed by atoms with van der Waals surface area (Å²) < 4.78 is 0. The summed E-state index contributed by atoms with van der Waals surface area (Å²) in [7, 11) is 0. The van der Waals surface area contributed by atoms with Gasteiger partial charge in [-0.2, -0.15) is 0 Å². The number of rotatable bonds is 1. The molecule has 0 N–H and O–H groups in total. The highest BCUT2D eigenvalue weighted by Gasteiger charge is 2.07. The number of hydrogen-bond acceptors (Lipinski definition) is 0. The minimum absolute atomic E-state index is 0.643. The second-order valence-corrected chi connectivity index (χ2v) is 3.89. The van der Waals surface area contributed by atoms with E-state index in [0.29, 0.717) is 5.92 Å². The Bertz CT molecular complexity index is 282. The molecule has 0 atom stereocenters. The summed E-state index contributed by atoms with van der Waals surface area (Å²) in [6.07, 6.45) is 0. The van der Waals surface area contributed by atoms with E-state index in [-0.39, 0.29) is 0 Å². The van der Waals surface area contributed by atoms with Gasteiger partial charge in [0, 0.05) is 0 Å². The molecule has 0 nitrogen and oxygen atoms in total. The van der Waals surface area contributed by atoms with E-state index in [4.69, 9.17) is 0 Å². The third kappa shape index (κ3) is 1.52. The smallest absolute Gasteiger partial charge is 0.0213 e. The van der Waals surface area contributed by atoms with Crippen molar-refractivity contribution in [2.45, 2.75) is 40.5 Å². The van der Waals surface area contributed by atoms with Gasteiger partial charge in [0.25, 0.3) is 0 Å². The third-order valence-electron chi connectivity index (χ3n) is 2.58. The van der Waals surface area contributed by atoms with Gasteiger partial charge in [-0.05, 0) is 48.9 Å². The van der Waals surface area contributed by atoms with Crippen LogP contribution in [0.5, 0.6) is 0 Å². The lowest BCUT2D eigenvalue weighted by atomic mass is 9.91. The zero-order valence-electron chi connectivity index (χ0n) is 8.73. The summed E-state index contributed by atoms with van der Waals surface area (Å²) in [6, 6.07) is 4.42. The van der Waals surface area contributed by atoms with Gasteiger partial charge in [0.2, 0.25) is 0 Å².